The Bertz CT molecular complexity index is 2960. The Morgan fingerprint density at radius 1 is 0.707 bits per heavy atom. The molecule has 9 rings (SSSR count). The molecule has 3 amide bonds. The van der Waals surface area contributed by atoms with Crippen molar-refractivity contribution in [2.75, 3.05) is 32.8 Å². The third kappa shape index (κ3) is 16.0. The fourth-order valence-electron chi connectivity index (χ4n) is 11.1. The van der Waals surface area contributed by atoms with E-state index in [4.69, 9.17) is 24.1 Å². The molecule has 82 heavy (non-hydrogen) atoms. The van der Waals surface area contributed by atoms with E-state index in [0.717, 1.165) is 56.3 Å². The van der Waals surface area contributed by atoms with Crippen molar-refractivity contribution in [2.45, 2.75) is 157 Å². The largest absolute Gasteiger partial charge is 0.593 e. The number of nitrogens with one attached hydrogen (secondary N) is 3. The van der Waals surface area contributed by atoms with Crippen LogP contribution < -0.4 is 39.6 Å². The number of aliphatic carboxylic acids is 1. The van der Waals surface area contributed by atoms with E-state index in [1.165, 1.54) is 69.6 Å². The highest BCUT2D eigenvalue weighted by molar-refractivity contribution is 7.89. The first-order chi connectivity index (χ1) is 39.6. The van der Waals surface area contributed by atoms with Crippen molar-refractivity contribution in [1.29, 1.82) is 0 Å². The molecule has 4 atom stereocenters. The highest BCUT2D eigenvalue weighted by Gasteiger charge is 2.53. The van der Waals surface area contributed by atoms with E-state index >= 15 is 0 Å². The maximum Gasteiger partial charge on any atom is 0.404 e. The number of fused-ring (bicyclic) bond motifs is 2. The van der Waals surface area contributed by atoms with Crippen LogP contribution in [0.3, 0.4) is 0 Å². The minimum Gasteiger partial charge on any atom is -0.593 e. The number of benzene rings is 5. The summed E-state index contributed by atoms with van der Waals surface area (Å²) in [7, 11) is 0. The van der Waals surface area contributed by atoms with Crippen LogP contribution >= 0.6 is 0 Å². The monoisotopic (exact) mass is 1150 g/mol. The van der Waals surface area contributed by atoms with Crippen molar-refractivity contribution < 1.29 is 65.7 Å². The topological polar surface area (TPSA) is 197 Å². The molecule has 15 nitrogen and oxygen atoms in total. The molecule has 2 unspecified atom stereocenters. The Labute approximate surface area is 480 Å². The lowest BCUT2D eigenvalue weighted by Crippen LogP contribution is -2.39. The number of carbonyl (C=O) groups is 4. The zero-order valence-corrected chi connectivity index (χ0v) is 47.1. The minimum absolute atomic E-state index is 0.0777. The highest BCUT2D eigenvalue weighted by atomic mass is 32.2. The second-order valence-corrected chi connectivity index (χ2v) is 23.3. The lowest BCUT2D eigenvalue weighted by Gasteiger charge is -2.34. The van der Waals surface area contributed by atoms with Crippen molar-refractivity contribution >= 4 is 35.1 Å². The van der Waals surface area contributed by atoms with Gasteiger partial charge in [0.25, 0.3) is 11.8 Å². The number of halogens is 3. The summed E-state index contributed by atoms with van der Waals surface area (Å²) >= 11 is -1.35. The molecular formula is C63H73F3N4O11S. The summed E-state index contributed by atoms with van der Waals surface area (Å²) in [5.74, 6) is -0.0564. The van der Waals surface area contributed by atoms with Gasteiger partial charge in [-0.1, -0.05) is 94.5 Å². The van der Waals surface area contributed by atoms with Crippen LogP contribution in [-0.2, 0) is 26.4 Å². The molecule has 0 spiro atoms. The molecular weight excluding hydrogens is 1080 g/mol. The number of carbonyl (C=O) groups excluding carboxylic acids is 3. The van der Waals surface area contributed by atoms with Crippen LogP contribution in [0, 0.1) is 0 Å². The lowest BCUT2D eigenvalue weighted by atomic mass is 9.90. The zero-order valence-electron chi connectivity index (χ0n) is 46.3. The predicted molar refractivity (Wildman–Crippen MR) is 303 cm³/mol. The Hall–Kier alpha value is -6.96. The summed E-state index contributed by atoms with van der Waals surface area (Å²) in [6.07, 6.45) is 16.4. The molecule has 3 heterocycles. The van der Waals surface area contributed by atoms with Crippen LogP contribution in [0.15, 0.2) is 114 Å². The summed E-state index contributed by atoms with van der Waals surface area (Å²) in [6.45, 7) is 0.323. The second kappa shape index (κ2) is 27.9. The molecule has 1 saturated heterocycles. The van der Waals surface area contributed by atoms with Gasteiger partial charge in [0.05, 0.1) is 29.4 Å². The number of hydrogen-bond donors (Lipinski definition) is 4. The fraction of sp³-hybridized carbons (Fsp3) is 0.460. The predicted octanol–water partition coefficient (Wildman–Crippen LogP) is 12.3. The van der Waals surface area contributed by atoms with Gasteiger partial charge in [-0.25, -0.2) is 0 Å². The molecule has 5 aromatic rings. The molecule has 1 aliphatic carbocycles. The first kappa shape index (κ1) is 59.7. The first-order valence-corrected chi connectivity index (χ1v) is 29.9. The molecule has 5 aromatic carbocycles. The number of ether oxygens (including phenoxy) is 5. The van der Waals surface area contributed by atoms with Crippen molar-refractivity contribution in [3.8, 4) is 28.7 Å². The zero-order chi connectivity index (χ0) is 57.6. The summed E-state index contributed by atoms with van der Waals surface area (Å²) in [6, 6.07) is 28.5. The van der Waals surface area contributed by atoms with Crippen LogP contribution in [0.2, 0.25) is 0 Å². The van der Waals surface area contributed by atoms with Gasteiger partial charge in [0.15, 0.2) is 16.4 Å². The average Bonchev–Trinajstić information content (AvgIpc) is 3.70. The van der Waals surface area contributed by atoms with Crippen LogP contribution in [0.5, 0.6) is 28.7 Å². The molecule has 0 bridgehead atoms. The quantitative estimate of drug-likeness (QED) is 0.0262. The Morgan fingerprint density at radius 2 is 1.29 bits per heavy atom. The van der Waals surface area contributed by atoms with Gasteiger partial charge in [0.2, 0.25) is 5.91 Å². The lowest BCUT2D eigenvalue weighted by molar-refractivity contribution is -0.173. The van der Waals surface area contributed by atoms with Crippen LogP contribution in [-0.4, -0.2) is 83.1 Å². The van der Waals surface area contributed by atoms with E-state index in [0.29, 0.717) is 84.3 Å². The third-order valence-electron chi connectivity index (χ3n) is 15.8. The number of amides is 3. The Kier molecular flexibility index (Phi) is 20.3. The van der Waals surface area contributed by atoms with E-state index in [1.54, 1.807) is 60.7 Å². The van der Waals surface area contributed by atoms with Gasteiger partial charge in [0.1, 0.15) is 29.9 Å². The Balaban J connectivity index is 0.601. The molecule has 0 radical (unpaired) electrons. The number of rotatable bonds is 29. The highest BCUT2D eigenvalue weighted by Crippen LogP contribution is 2.53. The number of piperidine rings is 1. The summed E-state index contributed by atoms with van der Waals surface area (Å²) in [4.78, 5) is 50.7. The molecule has 438 valence electrons. The normalized spacial score (nSPS) is 19.3. The molecule has 1 saturated carbocycles. The number of hydrogen-bond acceptors (Lipinski definition) is 11. The third-order valence-corrected chi connectivity index (χ3v) is 17.3. The maximum absolute atomic E-state index is 14.4. The number of carboxylic acids is 1. The summed E-state index contributed by atoms with van der Waals surface area (Å²) < 4.78 is 83.6. The number of alkyl halides is 3. The van der Waals surface area contributed by atoms with Crippen molar-refractivity contribution in [2.24, 2.45) is 0 Å². The van der Waals surface area contributed by atoms with Crippen molar-refractivity contribution in [3.63, 3.8) is 0 Å². The molecule has 4 N–H and O–H groups in total. The van der Waals surface area contributed by atoms with Gasteiger partial charge < -0.3 is 49.3 Å². The number of carboxylic acid groups (broad SMARTS) is 1. The number of unbranched alkanes of at least 4 members (excludes halogenated alkanes) is 11. The molecule has 19 heteroatoms. The van der Waals surface area contributed by atoms with E-state index in [1.807, 2.05) is 28.6 Å². The van der Waals surface area contributed by atoms with Gasteiger partial charge in [0, 0.05) is 55.7 Å². The molecule has 2 fully saturated rings. The first-order valence-electron chi connectivity index (χ1n) is 28.8. The van der Waals surface area contributed by atoms with Gasteiger partial charge in [-0.15, -0.1) is 4.31 Å². The second-order valence-electron chi connectivity index (χ2n) is 21.8. The van der Waals surface area contributed by atoms with E-state index in [9.17, 15) is 36.9 Å². The van der Waals surface area contributed by atoms with Gasteiger partial charge >= 0.3 is 18.6 Å². The van der Waals surface area contributed by atoms with Crippen molar-refractivity contribution in [1.82, 2.24) is 20.3 Å². The minimum atomic E-state index is -3.03. The average molecular weight is 1150 g/mol. The molecule has 0 aromatic heterocycles. The van der Waals surface area contributed by atoms with Gasteiger partial charge in [-0.3, -0.25) is 19.2 Å². The number of nitrogens with zero attached hydrogens (tertiary/aromatic N) is 1. The fourth-order valence-corrected chi connectivity index (χ4v) is 12.3. The Morgan fingerprint density at radius 3 is 1.93 bits per heavy atom. The van der Waals surface area contributed by atoms with Crippen LogP contribution in [0.4, 0.5) is 13.2 Å². The van der Waals surface area contributed by atoms with Crippen LogP contribution in [0.1, 0.15) is 177 Å². The standard InChI is InChI=1S/C63H73F3N4O11S/c1-62(66)80-53-29-22-47(38-56(53)81-62)63(32-33-63)60(75)69-52-40-54(79-55-39-49(78-61(64)65)25-28-51(52)55)44-14-16-45(17-15-44)58(73)67-34-12-10-8-6-4-2-3-5-7-9-11-13-37-77-48-23-18-42(19-24-48)43-30-35-70(36-31-43)82(76)50-26-20-46(21-27-50)59(74)68-41-57(71)72/h14-29,38-39,43,52,54,61H,2-13,30-37,40-41H2,1H3,(H,67,73)(H,68,74)(H,69,75)(H,71,72)/t52-,54-,62?,82?/m1/s1. The smallest absolute Gasteiger partial charge is 0.404 e. The SMILES string of the molecule is CC1(F)Oc2ccc(C3(C(=O)N[C@@H]4C[C@H](c5ccc(C(=O)NCCCCCCCCCCCCCCOc6ccc(C7CCN([S+]([O-])c8ccc(C(=O)NCC(=O)O)cc8)CC7)cc6)cc5)Oc5cc(OC(F)F)ccc54)CC3)cc2O1. The maximum atomic E-state index is 14.4. The summed E-state index contributed by atoms with van der Waals surface area (Å²) in [5, 5.41) is 17.3. The van der Waals surface area contributed by atoms with Gasteiger partial charge in [-0.05, 0) is 134 Å². The van der Waals surface area contributed by atoms with E-state index in [-0.39, 0.29) is 29.1 Å². The molecule has 4 aliphatic rings. The van der Waals surface area contributed by atoms with E-state index < -0.39 is 60.0 Å². The summed E-state index contributed by atoms with van der Waals surface area (Å²) in [5.41, 5.74) is 3.26. The van der Waals surface area contributed by atoms with Crippen LogP contribution in [0.25, 0.3) is 0 Å². The van der Waals surface area contributed by atoms with E-state index in [2.05, 4.69) is 32.8 Å². The molecule has 3 aliphatic heterocycles. The van der Waals surface area contributed by atoms with Crippen molar-refractivity contribution in [3.05, 3.63) is 143 Å². The van der Waals surface area contributed by atoms with Gasteiger partial charge in [-0.2, -0.15) is 13.2 Å².